The molecule has 0 fully saturated rings. The van der Waals surface area contributed by atoms with Crippen molar-refractivity contribution in [3.63, 3.8) is 0 Å². The summed E-state index contributed by atoms with van der Waals surface area (Å²) in [6, 6.07) is 7.94. The zero-order valence-electron chi connectivity index (χ0n) is 8.21. The zero-order valence-corrected chi connectivity index (χ0v) is 9.79. The average Bonchev–Trinajstić information content (AvgIpc) is 2.25. The highest BCUT2D eigenvalue weighted by Gasteiger charge is 1.93. The van der Waals surface area contributed by atoms with E-state index >= 15 is 0 Å². The fourth-order valence-electron chi connectivity index (χ4n) is 1.11. The number of halogens is 1. The fraction of sp³-hybridized carbons (Fsp3) is 0.455. The molecule has 3 heteroatoms. The van der Waals surface area contributed by atoms with E-state index < -0.39 is 0 Å². The van der Waals surface area contributed by atoms with Crippen LogP contribution in [0.3, 0.4) is 0 Å². The van der Waals surface area contributed by atoms with Crippen molar-refractivity contribution in [2.75, 3.05) is 11.9 Å². The smallest absolute Gasteiger partial charge is 0.119 e. The van der Waals surface area contributed by atoms with Crippen LogP contribution in [0.15, 0.2) is 24.3 Å². The third kappa shape index (κ3) is 4.11. The van der Waals surface area contributed by atoms with Crippen molar-refractivity contribution in [2.45, 2.75) is 19.4 Å². The molecule has 0 spiro atoms. The Labute approximate surface area is 93.6 Å². The highest BCUT2D eigenvalue weighted by atomic mass is 79.9. The second-order valence-corrected chi connectivity index (χ2v) is 3.89. The molecule has 0 atom stereocenters. The van der Waals surface area contributed by atoms with Gasteiger partial charge in [0.25, 0.3) is 0 Å². The van der Waals surface area contributed by atoms with Gasteiger partial charge in [0.05, 0.1) is 6.61 Å². The molecule has 0 aliphatic rings. The van der Waals surface area contributed by atoms with E-state index in [1.54, 1.807) is 0 Å². The summed E-state index contributed by atoms with van der Waals surface area (Å²) in [5.41, 5.74) is 6.63. The minimum Gasteiger partial charge on any atom is -0.494 e. The predicted molar refractivity (Wildman–Crippen MR) is 62.9 cm³/mol. The molecule has 0 radical (unpaired) electrons. The average molecular weight is 258 g/mol. The summed E-state index contributed by atoms with van der Waals surface area (Å²) in [6.45, 7) is 1.37. The third-order valence-electron chi connectivity index (χ3n) is 1.96. The molecular formula is C11H16BrNO. The molecule has 14 heavy (non-hydrogen) atoms. The van der Waals surface area contributed by atoms with Crippen LogP contribution in [0, 0.1) is 0 Å². The molecule has 0 heterocycles. The highest BCUT2D eigenvalue weighted by molar-refractivity contribution is 9.09. The van der Waals surface area contributed by atoms with Gasteiger partial charge in [-0.1, -0.05) is 28.1 Å². The minimum absolute atomic E-state index is 0.587. The van der Waals surface area contributed by atoms with Crippen LogP contribution in [0.5, 0.6) is 5.75 Å². The topological polar surface area (TPSA) is 35.2 Å². The lowest BCUT2D eigenvalue weighted by molar-refractivity contribution is 0.310. The minimum atomic E-state index is 0.587. The van der Waals surface area contributed by atoms with Gasteiger partial charge in [0, 0.05) is 11.9 Å². The molecule has 1 aromatic carbocycles. The van der Waals surface area contributed by atoms with Gasteiger partial charge >= 0.3 is 0 Å². The Bertz CT molecular complexity index is 248. The largest absolute Gasteiger partial charge is 0.494 e. The van der Waals surface area contributed by atoms with Gasteiger partial charge in [-0.3, -0.25) is 0 Å². The first kappa shape index (κ1) is 11.5. The molecule has 0 aliphatic heterocycles. The van der Waals surface area contributed by atoms with E-state index in [-0.39, 0.29) is 0 Å². The van der Waals surface area contributed by atoms with Gasteiger partial charge in [0.1, 0.15) is 5.75 Å². The van der Waals surface area contributed by atoms with Gasteiger partial charge in [-0.25, -0.2) is 0 Å². The number of rotatable bonds is 6. The molecule has 1 aromatic rings. The Morgan fingerprint density at radius 3 is 2.43 bits per heavy atom. The summed E-state index contributed by atoms with van der Waals surface area (Å²) >= 11 is 3.39. The molecule has 0 aliphatic carbocycles. The van der Waals surface area contributed by atoms with E-state index in [0.717, 1.165) is 36.1 Å². The molecule has 2 N–H and O–H groups in total. The lowest BCUT2D eigenvalue weighted by Crippen LogP contribution is -1.99. The summed E-state index contributed by atoms with van der Waals surface area (Å²) in [4.78, 5) is 0. The summed E-state index contributed by atoms with van der Waals surface area (Å²) < 4.78 is 5.55. The van der Waals surface area contributed by atoms with Crippen LogP contribution < -0.4 is 10.5 Å². The SMILES string of the molecule is NCc1ccc(OCCCCBr)cc1. The maximum absolute atomic E-state index is 5.55. The second kappa shape index (κ2) is 6.85. The monoisotopic (exact) mass is 257 g/mol. The van der Waals surface area contributed by atoms with Gasteiger partial charge < -0.3 is 10.5 Å². The zero-order chi connectivity index (χ0) is 10.2. The maximum Gasteiger partial charge on any atom is 0.119 e. The van der Waals surface area contributed by atoms with Gasteiger partial charge in [0.2, 0.25) is 0 Å². The molecule has 0 saturated heterocycles. The van der Waals surface area contributed by atoms with Gasteiger partial charge in [0.15, 0.2) is 0 Å². The summed E-state index contributed by atoms with van der Waals surface area (Å²) in [5, 5.41) is 1.04. The molecule has 0 saturated carbocycles. The van der Waals surface area contributed by atoms with Crippen molar-refractivity contribution < 1.29 is 4.74 Å². The van der Waals surface area contributed by atoms with Crippen LogP contribution in [0.25, 0.3) is 0 Å². The Hall–Kier alpha value is -0.540. The maximum atomic E-state index is 5.55. The number of benzene rings is 1. The van der Waals surface area contributed by atoms with Crippen molar-refractivity contribution in [1.29, 1.82) is 0 Å². The standard InChI is InChI=1S/C11H16BrNO/c12-7-1-2-8-14-11-5-3-10(9-13)4-6-11/h3-6H,1-2,7-9,13H2. The number of unbranched alkanes of at least 4 members (excludes halogenated alkanes) is 1. The van der Waals surface area contributed by atoms with Gasteiger partial charge in [-0.2, -0.15) is 0 Å². The lowest BCUT2D eigenvalue weighted by Gasteiger charge is -2.05. The quantitative estimate of drug-likeness (QED) is 0.629. The van der Waals surface area contributed by atoms with E-state index in [1.807, 2.05) is 24.3 Å². The van der Waals surface area contributed by atoms with Crippen molar-refractivity contribution in [3.8, 4) is 5.75 Å². The summed E-state index contributed by atoms with van der Waals surface area (Å²) in [7, 11) is 0. The first-order valence-electron chi connectivity index (χ1n) is 4.84. The molecule has 0 bridgehead atoms. The number of ether oxygens (including phenoxy) is 1. The van der Waals surface area contributed by atoms with Crippen molar-refractivity contribution in [2.24, 2.45) is 5.73 Å². The highest BCUT2D eigenvalue weighted by Crippen LogP contribution is 2.12. The number of alkyl halides is 1. The van der Waals surface area contributed by atoms with Gasteiger partial charge in [-0.05, 0) is 30.5 Å². The van der Waals surface area contributed by atoms with E-state index in [4.69, 9.17) is 10.5 Å². The predicted octanol–water partition coefficient (Wildman–Crippen LogP) is 2.70. The second-order valence-electron chi connectivity index (χ2n) is 3.09. The first-order chi connectivity index (χ1) is 6.86. The van der Waals surface area contributed by atoms with E-state index in [2.05, 4.69) is 15.9 Å². The molecular weight excluding hydrogens is 242 g/mol. The molecule has 0 unspecified atom stereocenters. The van der Waals surface area contributed by atoms with Crippen LogP contribution in [0.4, 0.5) is 0 Å². The summed E-state index contributed by atoms with van der Waals surface area (Å²) in [6.07, 6.45) is 2.24. The van der Waals surface area contributed by atoms with Crippen LogP contribution in [0.1, 0.15) is 18.4 Å². The Morgan fingerprint density at radius 2 is 1.86 bits per heavy atom. The first-order valence-corrected chi connectivity index (χ1v) is 5.96. The Morgan fingerprint density at radius 1 is 1.14 bits per heavy atom. The van der Waals surface area contributed by atoms with Crippen molar-refractivity contribution in [3.05, 3.63) is 29.8 Å². The number of hydrogen-bond donors (Lipinski definition) is 1. The van der Waals surface area contributed by atoms with E-state index in [9.17, 15) is 0 Å². The molecule has 0 amide bonds. The molecule has 2 nitrogen and oxygen atoms in total. The Kier molecular flexibility index (Phi) is 5.64. The van der Waals surface area contributed by atoms with E-state index in [0.29, 0.717) is 6.54 Å². The van der Waals surface area contributed by atoms with Crippen LogP contribution in [-0.4, -0.2) is 11.9 Å². The molecule has 0 aromatic heterocycles. The van der Waals surface area contributed by atoms with Crippen molar-refractivity contribution >= 4 is 15.9 Å². The number of nitrogens with two attached hydrogens (primary N) is 1. The van der Waals surface area contributed by atoms with Crippen molar-refractivity contribution in [1.82, 2.24) is 0 Å². The Balaban J connectivity index is 2.29. The molecule has 78 valence electrons. The lowest BCUT2D eigenvalue weighted by atomic mass is 10.2. The number of hydrogen-bond acceptors (Lipinski definition) is 2. The normalized spacial score (nSPS) is 10.1. The van der Waals surface area contributed by atoms with Crippen LogP contribution in [0.2, 0.25) is 0 Å². The van der Waals surface area contributed by atoms with Crippen LogP contribution in [-0.2, 0) is 6.54 Å². The third-order valence-corrected chi connectivity index (χ3v) is 2.52. The van der Waals surface area contributed by atoms with Gasteiger partial charge in [-0.15, -0.1) is 0 Å². The van der Waals surface area contributed by atoms with Crippen LogP contribution >= 0.6 is 15.9 Å². The summed E-state index contributed by atoms with van der Waals surface area (Å²) in [5.74, 6) is 0.928. The van der Waals surface area contributed by atoms with E-state index in [1.165, 1.54) is 0 Å². The molecule has 1 rings (SSSR count). The fourth-order valence-corrected chi connectivity index (χ4v) is 1.50.